The number of rotatable bonds is 3. The van der Waals surface area contributed by atoms with Gasteiger partial charge in [-0.1, -0.05) is 49.3 Å². The fourth-order valence-electron chi connectivity index (χ4n) is 6.59. The quantitative estimate of drug-likeness (QED) is 0.377. The highest BCUT2D eigenvalue weighted by molar-refractivity contribution is 5.96. The number of nitrogens with zero attached hydrogens (tertiary/aromatic N) is 2. The van der Waals surface area contributed by atoms with E-state index < -0.39 is 53.1 Å². The Kier molecular flexibility index (Phi) is 9.41. The van der Waals surface area contributed by atoms with Crippen molar-refractivity contribution in [1.82, 2.24) is 25.8 Å². The van der Waals surface area contributed by atoms with Gasteiger partial charge in [0.15, 0.2) is 0 Å². The number of allylic oxidation sites excluding steroid dienone is 1. The first-order valence-corrected chi connectivity index (χ1v) is 16.0. The summed E-state index contributed by atoms with van der Waals surface area (Å²) in [7, 11) is 0. The summed E-state index contributed by atoms with van der Waals surface area (Å²) in [6.07, 6.45) is 7.58. The lowest BCUT2D eigenvalue weighted by Crippen LogP contribution is -2.56. The van der Waals surface area contributed by atoms with Crippen LogP contribution in [0.5, 0.6) is 0 Å². The van der Waals surface area contributed by atoms with E-state index in [-0.39, 0.29) is 31.3 Å². The minimum Gasteiger partial charge on any atom is -0.479 e. The second-order valence-corrected chi connectivity index (χ2v) is 13.7. The largest absolute Gasteiger partial charge is 0.479 e. The lowest BCUT2D eigenvalue weighted by molar-refractivity contribution is -0.145. The fraction of sp³-hybridized carbons (Fsp3) is 0.606. The Morgan fingerprint density at radius 1 is 1.07 bits per heavy atom. The molecule has 1 saturated carbocycles. The molecule has 12 nitrogen and oxygen atoms in total. The molecule has 2 fully saturated rings. The Balaban J connectivity index is 1.36. The number of carboxylic acids is 1. The molecule has 4 aliphatic rings. The minimum atomic E-state index is -1.43. The second kappa shape index (κ2) is 13.1. The van der Waals surface area contributed by atoms with E-state index in [1.165, 1.54) is 10.5 Å². The predicted octanol–water partition coefficient (Wildman–Crippen LogP) is 3.10. The summed E-state index contributed by atoms with van der Waals surface area (Å²) in [6.45, 7) is 6.24. The molecule has 1 aromatic rings. The van der Waals surface area contributed by atoms with Crippen molar-refractivity contribution in [3.05, 3.63) is 47.5 Å². The zero-order valence-corrected chi connectivity index (χ0v) is 26.3. The number of benzene rings is 1. The first-order chi connectivity index (χ1) is 21.4. The third-order valence-electron chi connectivity index (χ3n) is 9.10. The summed E-state index contributed by atoms with van der Waals surface area (Å²) in [6, 6.07) is 5.16. The molecule has 1 aliphatic carbocycles. The van der Waals surface area contributed by atoms with Crippen LogP contribution in [0.2, 0.25) is 0 Å². The van der Waals surface area contributed by atoms with Crippen molar-refractivity contribution in [2.24, 2.45) is 5.92 Å². The number of alkyl carbamates (subject to hydrolysis) is 1. The van der Waals surface area contributed by atoms with Crippen LogP contribution in [0.15, 0.2) is 36.4 Å². The van der Waals surface area contributed by atoms with E-state index in [0.29, 0.717) is 25.9 Å². The molecule has 5 rings (SSSR count). The van der Waals surface area contributed by atoms with E-state index in [2.05, 4.69) is 22.0 Å². The Morgan fingerprint density at radius 3 is 2.56 bits per heavy atom. The molecule has 4 N–H and O–H groups in total. The summed E-state index contributed by atoms with van der Waals surface area (Å²) in [5.74, 6) is -2.51. The van der Waals surface area contributed by atoms with Crippen molar-refractivity contribution >= 4 is 29.9 Å². The maximum Gasteiger partial charge on any atom is 0.408 e. The normalized spacial score (nSPS) is 29.5. The lowest BCUT2D eigenvalue weighted by atomic mass is 10.0. The molecular weight excluding hydrogens is 578 g/mol. The van der Waals surface area contributed by atoms with Gasteiger partial charge in [0, 0.05) is 25.6 Å². The third kappa shape index (κ3) is 7.59. The van der Waals surface area contributed by atoms with Crippen LogP contribution in [0, 0.1) is 5.92 Å². The summed E-state index contributed by atoms with van der Waals surface area (Å²) < 4.78 is 5.44. The smallest absolute Gasteiger partial charge is 0.408 e. The lowest BCUT2D eigenvalue weighted by Gasteiger charge is -2.30. The van der Waals surface area contributed by atoms with Crippen molar-refractivity contribution in [2.75, 3.05) is 13.1 Å². The Labute approximate surface area is 263 Å². The van der Waals surface area contributed by atoms with Crippen LogP contribution in [0.25, 0.3) is 0 Å². The fourth-order valence-corrected chi connectivity index (χ4v) is 6.59. The van der Waals surface area contributed by atoms with Crippen LogP contribution in [0.3, 0.4) is 0 Å². The number of carbonyl (C=O) groups excluding carboxylic acids is 4. The van der Waals surface area contributed by atoms with Gasteiger partial charge in [-0.3, -0.25) is 9.59 Å². The van der Waals surface area contributed by atoms with Gasteiger partial charge in [-0.25, -0.2) is 14.4 Å². The Morgan fingerprint density at radius 2 is 1.82 bits per heavy atom. The van der Waals surface area contributed by atoms with Gasteiger partial charge in [-0.05, 0) is 70.4 Å². The van der Waals surface area contributed by atoms with Crippen molar-refractivity contribution in [3.63, 3.8) is 0 Å². The average Bonchev–Trinajstić information content (AvgIpc) is 3.51. The topological polar surface area (TPSA) is 157 Å². The number of hydrogen-bond donors (Lipinski definition) is 4. The Bertz CT molecular complexity index is 1360. The number of nitrogens with one attached hydrogen (secondary N) is 3. The molecular formula is C33H45N5O7. The number of hydrogen-bond acceptors (Lipinski definition) is 6. The van der Waals surface area contributed by atoms with Crippen LogP contribution in [-0.4, -0.2) is 87.2 Å². The zero-order chi connectivity index (χ0) is 32.4. The number of amides is 5. The number of urea groups is 1. The van der Waals surface area contributed by atoms with E-state index in [1.807, 2.05) is 30.4 Å². The van der Waals surface area contributed by atoms with E-state index >= 15 is 0 Å². The van der Waals surface area contributed by atoms with Gasteiger partial charge in [-0.15, -0.1) is 0 Å². The van der Waals surface area contributed by atoms with Gasteiger partial charge < -0.3 is 35.6 Å². The van der Waals surface area contributed by atoms with Gasteiger partial charge in [0.2, 0.25) is 11.8 Å². The molecule has 1 aromatic carbocycles. The zero-order valence-electron chi connectivity index (χ0n) is 26.3. The predicted molar refractivity (Wildman–Crippen MR) is 165 cm³/mol. The highest BCUT2D eigenvalue weighted by Gasteiger charge is 2.61. The van der Waals surface area contributed by atoms with E-state index in [4.69, 9.17) is 4.74 Å². The molecule has 1 saturated heterocycles. The summed E-state index contributed by atoms with van der Waals surface area (Å²) in [5.41, 5.74) is 0.0838. The second-order valence-electron chi connectivity index (χ2n) is 13.7. The molecule has 0 aromatic heterocycles. The average molecular weight is 624 g/mol. The van der Waals surface area contributed by atoms with Gasteiger partial charge >= 0.3 is 18.1 Å². The van der Waals surface area contributed by atoms with Crippen LogP contribution >= 0.6 is 0 Å². The SMILES string of the molecule is CC(C)(C)OC(=O)N[C@H]1CCCCC/C=C/[C@@H]2C[C@@]2(C(=O)O)NC(=O)[C@@H]2C[C@@H](NC(=O)N3CCc4ccccc4C3)CN2C1=O. The standard InChI is InChI=1S/C33H45N5O7/c1-32(2,3)45-31(44)35-25-14-8-6-4-5-7-13-23-18-33(23,29(41)42)36-27(39)26-17-24(20-38(26)28(25)40)34-30(43)37-16-15-21-11-9-10-12-22(21)19-37/h7,9-13,23-26H,4-6,8,14-20H2,1-3H3,(H,34,43)(H,35,44)(H,36,39)(H,41,42)/b13-7+/t23-,24-,25+,26+,33-/m1/s1. The molecule has 244 valence electrons. The Hall–Kier alpha value is -4.09. The maximum atomic E-state index is 14.1. The molecule has 3 aliphatic heterocycles. The van der Waals surface area contributed by atoms with Gasteiger partial charge in [0.05, 0.1) is 6.04 Å². The van der Waals surface area contributed by atoms with E-state index in [0.717, 1.165) is 31.2 Å². The molecule has 0 spiro atoms. The molecule has 12 heteroatoms. The maximum absolute atomic E-state index is 14.1. The van der Waals surface area contributed by atoms with Crippen molar-refractivity contribution in [1.29, 1.82) is 0 Å². The molecule has 5 amide bonds. The van der Waals surface area contributed by atoms with Gasteiger partial charge in [0.25, 0.3) is 0 Å². The summed E-state index contributed by atoms with van der Waals surface area (Å²) in [5, 5.41) is 18.5. The van der Waals surface area contributed by atoms with Crippen LogP contribution in [0.1, 0.15) is 76.8 Å². The molecule has 3 heterocycles. The minimum absolute atomic E-state index is 0.0446. The van der Waals surface area contributed by atoms with Gasteiger partial charge in [0.1, 0.15) is 23.2 Å². The third-order valence-corrected chi connectivity index (χ3v) is 9.10. The van der Waals surface area contributed by atoms with E-state index in [9.17, 15) is 29.1 Å². The number of aliphatic carboxylic acids is 1. The molecule has 0 radical (unpaired) electrons. The first-order valence-electron chi connectivity index (χ1n) is 16.0. The van der Waals surface area contributed by atoms with Gasteiger partial charge in [-0.2, -0.15) is 0 Å². The molecule has 0 bridgehead atoms. The molecule has 5 atom stereocenters. The van der Waals surface area contributed by atoms with E-state index in [1.54, 1.807) is 25.7 Å². The number of fused-ring (bicyclic) bond motifs is 3. The highest BCUT2D eigenvalue weighted by Crippen LogP contribution is 2.45. The van der Waals surface area contributed by atoms with Crippen LogP contribution in [-0.2, 0) is 32.1 Å². The monoisotopic (exact) mass is 623 g/mol. The molecule has 0 unspecified atom stereocenters. The number of carboxylic acid groups (broad SMARTS) is 1. The van der Waals surface area contributed by atoms with Crippen molar-refractivity contribution in [2.45, 2.75) is 108 Å². The number of carbonyl (C=O) groups is 5. The number of ether oxygens (including phenoxy) is 1. The van der Waals surface area contributed by atoms with Crippen molar-refractivity contribution in [3.8, 4) is 0 Å². The van der Waals surface area contributed by atoms with Crippen LogP contribution < -0.4 is 16.0 Å². The highest BCUT2D eigenvalue weighted by atomic mass is 16.6. The summed E-state index contributed by atoms with van der Waals surface area (Å²) >= 11 is 0. The first kappa shape index (κ1) is 32.3. The van der Waals surface area contributed by atoms with Crippen LogP contribution in [0.4, 0.5) is 9.59 Å². The summed E-state index contributed by atoms with van der Waals surface area (Å²) in [4.78, 5) is 69.5. The van der Waals surface area contributed by atoms with Crippen molar-refractivity contribution < 1.29 is 33.8 Å². The molecule has 45 heavy (non-hydrogen) atoms.